The molecule has 0 aliphatic heterocycles. The largest absolute Gasteiger partial charge is 0.508 e. The molecule has 0 bridgehead atoms. The second-order valence-corrected chi connectivity index (χ2v) is 6.80. The van der Waals surface area contributed by atoms with Gasteiger partial charge in [0.1, 0.15) is 17.4 Å². The molecule has 0 aliphatic rings. The molecule has 3 aromatic rings. The van der Waals surface area contributed by atoms with Crippen LogP contribution < -0.4 is 0 Å². The zero-order valence-electron chi connectivity index (χ0n) is 15.2. The highest BCUT2D eigenvalue weighted by atomic mass is 19.1. The predicted octanol–water partition coefficient (Wildman–Crippen LogP) is 6.05. The van der Waals surface area contributed by atoms with Crippen LogP contribution in [0.1, 0.15) is 27.8 Å². The van der Waals surface area contributed by atoms with E-state index in [2.05, 4.69) is 0 Å². The van der Waals surface area contributed by atoms with Crippen molar-refractivity contribution in [1.29, 1.82) is 0 Å². The van der Waals surface area contributed by atoms with Crippen LogP contribution in [0.4, 0.5) is 8.78 Å². The van der Waals surface area contributed by atoms with Crippen molar-refractivity contribution in [2.24, 2.45) is 0 Å². The lowest BCUT2D eigenvalue weighted by atomic mass is 9.93. The third-order valence-corrected chi connectivity index (χ3v) is 4.88. The van der Waals surface area contributed by atoms with Gasteiger partial charge in [-0.05, 0) is 85.7 Å². The van der Waals surface area contributed by atoms with Crippen LogP contribution in [0, 0.1) is 32.4 Å². The maximum atomic E-state index is 15.1. The van der Waals surface area contributed by atoms with Crippen LogP contribution in [-0.2, 0) is 12.8 Å². The van der Waals surface area contributed by atoms with E-state index in [4.69, 9.17) is 0 Å². The summed E-state index contributed by atoms with van der Waals surface area (Å²) in [5.41, 5.74) is 5.46. The van der Waals surface area contributed by atoms with E-state index in [0.29, 0.717) is 29.5 Å². The number of aromatic hydroxyl groups is 1. The van der Waals surface area contributed by atoms with Crippen LogP contribution in [0.15, 0.2) is 48.5 Å². The van der Waals surface area contributed by atoms with E-state index in [9.17, 15) is 9.50 Å². The Balaban J connectivity index is 1.96. The molecule has 3 heteroatoms. The molecule has 0 radical (unpaired) electrons. The van der Waals surface area contributed by atoms with Gasteiger partial charge in [0.2, 0.25) is 0 Å². The molecule has 1 nitrogen and oxygen atoms in total. The van der Waals surface area contributed by atoms with Crippen molar-refractivity contribution in [3.63, 3.8) is 0 Å². The third-order valence-electron chi connectivity index (χ3n) is 4.88. The van der Waals surface area contributed by atoms with Gasteiger partial charge in [0, 0.05) is 5.56 Å². The smallest absolute Gasteiger partial charge is 0.134 e. The van der Waals surface area contributed by atoms with Gasteiger partial charge < -0.3 is 5.11 Å². The van der Waals surface area contributed by atoms with Crippen molar-refractivity contribution >= 4 is 0 Å². The van der Waals surface area contributed by atoms with Crippen molar-refractivity contribution in [2.45, 2.75) is 33.6 Å². The SMILES string of the molecule is Cc1cc(CCc2c(C)ccc(O)c2C)c(F)c(-c2cccc(F)c2)c1. The van der Waals surface area contributed by atoms with Crippen LogP contribution in [0.25, 0.3) is 11.1 Å². The fourth-order valence-corrected chi connectivity index (χ4v) is 3.42. The molecule has 0 aliphatic carbocycles. The first-order valence-corrected chi connectivity index (χ1v) is 8.70. The minimum atomic E-state index is -0.379. The molecule has 1 N–H and O–H groups in total. The summed E-state index contributed by atoms with van der Waals surface area (Å²) in [6.07, 6.45) is 1.15. The molecule has 0 unspecified atom stereocenters. The first kappa shape index (κ1) is 18.1. The summed E-state index contributed by atoms with van der Waals surface area (Å²) in [5, 5.41) is 9.93. The minimum absolute atomic E-state index is 0.260. The highest BCUT2D eigenvalue weighted by Gasteiger charge is 2.14. The molecular formula is C23H22F2O. The maximum absolute atomic E-state index is 15.1. The molecule has 134 valence electrons. The average molecular weight is 352 g/mol. The number of phenols is 1. The number of benzene rings is 3. The lowest BCUT2D eigenvalue weighted by molar-refractivity contribution is 0.470. The zero-order valence-corrected chi connectivity index (χ0v) is 15.2. The highest BCUT2D eigenvalue weighted by molar-refractivity contribution is 5.66. The van der Waals surface area contributed by atoms with Gasteiger partial charge in [-0.3, -0.25) is 0 Å². The van der Waals surface area contributed by atoms with Gasteiger partial charge in [0.15, 0.2) is 0 Å². The topological polar surface area (TPSA) is 20.2 Å². The van der Waals surface area contributed by atoms with E-state index < -0.39 is 0 Å². The van der Waals surface area contributed by atoms with E-state index in [1.807, 2.05) is 32.9 Å². The van der Waals surface area contributed by atoms with E-state index in [0.717, 1.165) is 22.3 Å². The number of aryl methyl sites for hydroxylation is 3. The summed E-state index contributed by atoms with van der Waals surface area (Å²) in [5.74, 6) is -0.427. The maximum Gasteiger partial charge on any atom is 0.134 e. The van der Waals surface area contributed by atoms with E-state index in [1.165, 1.54) is 12.1 Å². The molecule has 0 fully saturated rings. The van der Waals surface area contributed by atoms with Gasteiger partial charge >= 0.3 is 0 Å². The first-order valence-electron chi connectivity index (χ1n) is 8.70. The molecule has 3 rings (SSSR count). The van der Waals surface area contributed by atoms with Crippen LogP contribution in [0.5, 0.6) is 5.75 Å². The van der Waals surface area contributed by atoms with Gasteiger partial charge in [-0.25, -0.2) is 8.78 Å². The molecular weight excluding hydrogens is 330 g/mol. The van der Waals surface area contributed by atoms with Gasteiger partial charge in [-0.15, -0.1) is 0 Å². The Hall–Kier alpha value is -2.68. The van der Waals surface area contributed by atoms with Crippen molar-refractivity contribution in [1.82, 2.24) is 0 Å². The predicted molar refractivity (Wildman–Crippen MR) is 102 cm³/mol. The van der Waals surface area contributed by atoms with Crippen LogP contribution >= 0.6 is 0 Å². The summed E-state index contributed by atoms with van der Waals surface area (Å²) >= 11 is 0. The number of halogens is 2. The number of phenolic OH excluding ortho intramolecular Hbond substituents is 1. The lowest BCUT2D eigenvalue weighted by Crippen LogP contribution is -2.01. The summed E-state index contributed by atoms with van der Waals surface area (Å²) in [7, 11) is 0. The molecule has 0 saturated carbocycles. The molecule has 0 saturated heterocycles. The Morgan fingerprint density at radius 2 is 1.65 bits per heavy atom. The average Bonchev–Trinajstić information content (AvgIpc) is 2.60. The summed E-state index contributed by atoms with van der Waals surface area (Å²) in [4.78, 5) is 0. The summed E-state index contributed by atoms with van der Waals surface area (Å²) in [6.45, 7) is 5.78. The second kappa shape index (κ2) is 7.28. The van der Waals surface area contributed by atoms with E-state index in [-0.39, 0.29) is 17.4 Å². The van der Waals surface area contributed by atoms with Crippen LogP contribution in [-0.4, -0.2) is 5.11 Å². The summed E-state index contributed by atoms with van der Waals surface area (Å²) < 4.78 is 28.6. The fourth-order valence-electron chi connectivity index (χ4n) is 3.42. The standard InChI is InChI=1S/C23H22F2O/c1-14-11-18(8-9-20-15(2)7-10-22(26)16(20)3)23(25)21(12-14)17-5-4-6-19(24)13-17/h4-7,10-13,26H,8-9H2,1-3H3. The van der Waals surface area contributed by atoms with Crippen molar-refractivity contribution < 1.29 is 13.9 Å². The molecule has 0 aromatic heterocycles. The highest BCUT2D eigenvalue weighted by Crippen LogP contribution is 2.29. The molecule has 3 aromatic carbocycles. The molecule has 0 amide bonds. The minimum Gasteiger partial charge on any atom is -0.508 e. The van der Waals surface area contributed by atoms with Gasteiger partial charge in [0.25, 0.3) is 0 Å². The second-order valence-electron chi connectivity index (χ2n) is 6.80. The van der Waals surface area contributed by atoms with Gasteiger partial charge in [-0.1, -0.05) is 29.8 Å². The normalized spacial score (nSPS) is 11.0. The third kappa shape index (κ3) is 3.62. The summed E-state index contributed by atoms with van der Waals surface area (Å²) in [6, 6.07) is 13.2. The number of hydrogen-bond donors (Lipinski definition) is 1. The van der Waals surface area contributed by atoms with Crippen molar-refractivity contribution in [3.8, 4) is 16.9 Å². The fraction of sp³-hybridized carbons (Fsp3) is 0.217. The molecule has 26 heavy (non-hydrogen) atoms. The van der Waals surface area contributed by atoms with E-state index >= 15 is 4.39 Å². The Labute approximate surface area is 152 Å². The van der Waals surface area contributed by atoms with Crippen molar-refractivity contribution in [3.05, 3.63) is 88.0 Å². The number of rotatable bonds is 4. The van der Waals surface area contributed by atoms with Gasteiger partial charge in [0.05, 0.1) is 0 Å². The monoisotopic (exact) mass is 352 g/mol. The zero-order chi connectivity index (χ0) is 18.8. The first-order chi connectivity index (χ1) is 12.4. The van der Waals surface area contributed by atoms with Crippen LogP contribution in [0.2, 0.25) is 0 Å². The van der Waals surface area contributed by atoms with Gasteiger partial charge in [-0.2, -0.15) is 0 Å². The molecule has 0 spiro atoms. The Morgan fingerprint density at radius 3 is 2.38 bits per heavy atom. The Bertz CT molecular complexity index is 961. The van der Waals surface area contributed by atoms with Crippen LogP contribution in [0.3, 0.4) is 0 Å². The Kier molecular flexibility index (Phi) is 5.08. The molecule has 0 heterocycles. The molecule has 0 atom stereocenters. The lowest BCUT2D eigenvalue weighted by Gasteiger charge is -2.14. The van der Waals surface area contributed by atoms with E-state index in [1.54, 1.807) is 24.3 Å². The Morgan fingerprint density at radius 1 is 0.885 bits per heavy atom. The van der Waals surface area contributed by atoms with Crippen molar-refractivity contribution in [2.75, 3.05) is 0 Å². The quantitative estimate of drug-likeness (QED) is 0.606. The number of hydrogen-bond acceptors (Lipinski definition) is 1.